The number of methoxy groups -OCH3 is 1. The fourth-order valence-electron chi connectivity index (χ4n) is 4.66. The van der Waals surface area contributed by atoms with Crippen molar-refractivity contribution >= 4 is 30.7 Å². The van der Waals surface area contributed by atoms with Crippen LogP contribution < -0.4 is 9.75 Å². The highest BCUT2D eigenvalue weighted by atomic mass is 16.5. The molecular weight excluding hydrogens is 530 g/mol. The summed E-state index contributed by atoms with van der Waals surface area (Å²) in [7, 11) is 1.61. The number of hydrazone groups is 1. The van der Waals surface area contributed by atoms with E-state index in [-0.39, 0.29) is 0 Å². The zero-order chi connectivity index (χ0) is 30.2. The number of hydrogen-bond donors (Lipinski definition) is 0. The normalized spacial score (nSPS) is 11.7. The Hall–Kier alpha value is -5.70. The van der Waals surface area contributed by atoms with Gasteiger partial charge in [-0.15, -0.1) is 0 Å². The molecule has 0 amide bonds. The number of fused-ring (bicyclic) bond motifs is 1. The highest BCUT2D eigenvalue weighted by molar-refractivity contribution is 6.18. The van der Waals surface area contributed by atoms with E-state index in [4.69, 9.17) is 28.8 Å². The van der Waals surface area contributed by atoms with Crippen LogP contribution in [0, 0.1) is 13.8 Å². The summed E-state index contributed by atoms with van der Waals surface area (Å²) in [5.41, 5.74) is 10.2. The molecule has 6 rings (SSSR count). The van der Waals surface area contributed by atoms with Crippen molar-refractivity contribution in [1.29, 1.82) is 0 Å². The first-order valence-corrected chi connectivity index (χ1v) is 12.7. The van der Waals surface area contributed by atoms with Gasteiger partial charge in [0, 0.05) is 40.7 Å². The van der Waals surface area contributed by atoms with E-state index in [1.165, 1.54) is 6.39 Å². The fraction of sp³-hybridized carbons (Fsp3) is 0.0909. The van der Waals surface area contributed by atoms with Crippen LogP contribution in [0.2, 0.25) is 0 Å². The van der Waals surface area contributed by atoms with Crippen molar-refractivity contribution < 1.29 is 18.7 Å². The number of hydrogen-bond acceptors (Lipinski definition) is 9. The molecule has 0 fully saturated rings. The summed E-state index contributed by atoms with van der Waals surface area (Å²) in [5, 5.41) is 7.05. The molecule has 0 unspecified atom stereocenters. The van der Waals surface area contributed by atoms with E-state index in [1.807, 2.05) is 49.0 Å². The Balaban J connectivity index is 0.000000972. The molecule has 0 bridgehead atoms. The molecule has 42 heavy (non-hydrogen) atoms. The monoisotopic (exact) mass is 559 g/mol. The van der Waals surface area contributed by atoms with E-state index in [2.05, 4.69) is 66.8 Å². The molecule has 3 aromatic heterocycles. The molecule has 5 aromatic rings. The third-order valence-electron chi connectivity index (χ3n) is 6.58. The lowest BCUT2D eigenvalue weighted by Gasteiger charge is -2.30. The van der Waals surface area contributed by atoms with Gasteiger partial charge >= 0.3 is 0 Å². The van der Waals surface area contributed by atoms with Gasteiger partial charge < -0.3 is 18.7 Å². The van der Waals surface area contributed by atoms with E-state index in [0.29, 0.717) is 17.3 Å². The lowest BCUT2D eigenvalue weighted by atomic mass is 9.94. The predicted molar refractivity (Wildman–Crippen MR) is 163 cm³/mol. The van der Waals surface area contributed by atoms with Crippen LogP contribution in [-0.4, -0.2) is 41.4 Å². The first kappa shape index (κ1) is 29.3. The molecule has 0 radical (unpaired) electrons. The lowest BCUT2D eigenvalue weighted by molar-refractivity contribution is -0.0987. The number of carbonyl (C=O) groups excluding carboxylic acids is 2. The number of nitrogens with zero attached hydrogens (tertiary/aromatic N) is 5. The Labute approximate surface area is 243 Å². The number of aromatic nitrogens is 3. The largest absolute Gasteiger partial charge is 0.481 e. The highest BCUT2D eigenvalue weighted by Crippen LogP contribution is 2.37. The van der Waals surface area contributed by atoms with Gasteiger partial charge in [-0.1, -0.05) is 18.7 Å². The molecule has 0 saturated carbocycles. The van der Waals surface area contributed by atoms with E-state index >= 15 is 0 Å². The maximum absolute atomic E-state index is 8.00. The first-order chi connectivity index (χ1) is 20.5. The number of pyridine rings is 2. The number of carbonyl (C=O) groups is 2. The number of aryl methyl sites for hydroxylation is 2. The summed E-state index contributed by atoms with van der Waals surface area (Å²) in [6, 6.07) is 20.3. The molecule has 0 aliphatic carbocycles. The summed E-state index contributed by atoms with van der Waals surface area (Å²) >= 11 is 0. The van der Waals surface area contributed by atoms with Gasteiger partial charge in [0.15, 0.2) is 12.2 Å². The van der Waals surface area contributed by atoms with Crippen LogP contribution in [0.4, 0.5) is 5.69 Å². The van der Waals surface area contributed by atoms with Gasteiger partial charge in [0.1, 0.15) is 19.3 Å². The van der Waals surface area contributed by atoms with Crippen molar-refractivity contribution in [3.05, 3.63) is 120 Å². The molecule has 0 N–H and O–H groups in total. The highest BCUT2D eigenvalue weighted by Gasteiger charge is 2.27. The van der Waals surface area contributed by atoms with Gasteiger partial charge in [-0.3, -0.25) is 4.98 Å². The first-order valence-electron chi connectivity index (χ1n) is 12.7. The van der Waals surface area contributed by atoms with Crippen LogP contribution in [0.3, 0.4) is 0 Å². The zero-order valence-electron chi connectivity index (χ0n) is 23.6. The Morgan fingerprint density at radius 3 is 2.29 bits per heavy atom. The smallest absolute Gasteiger partial charge is 0.212 e. The molecule has 1 aliphatic heterocycles. The van der Waals surface area contributed by atoms with Crippen molar-refractivity contribution in [2.45, 2.75) is 13.8 Å². The van der Waals surface area contributed by atoms with Crippen molar-refractivity contribution in [2.24, 2.45) is 5.10 Å². The third kappa shape index (κ3) is 5.75. The SMILES string of the molecule is C=C1c2ncccc2C(c2cc(C)cc(-c3cnco3)c2)=NN1c1cc(-c2ccc(OC)nc2)ccc1C.C=O.C=O. The van der Waals surface area contributed by atoms with Crippen LogP contribution in [0.15, 0.2) is 102 Å². The Kier molecular flexibility index (Phi) is 9.14. The molecule has 0 saturated heterocycles. The second-order valence-corrected chi connectivity index (χ2v) is 9.15. The number of benzene rings is 2. The van der Waals surface area contributed by atoms with Crippen molar-refractivity contribution in [2.75, 3.05) is 12.1 Å². The second-order valence-electron chi connectivity index (χ2n) is 9.15. The quantitative estimate of drug-likeness (QED) is 0.247. The fourth-order valence-corrected chi connectivity index (χ4v) is 4.66. The molecule has 0 atom stereocenters. The summed E-state index contributed by atoms with van der Waals surface area (Å²) in [6.07, 6.45) is 6.75. The van der Waals surface area contributed by atoms with Gasteiger partial charge in [-0.2, -0.15) is 5.10 Å². The van der Waals surface area contributed by atoms with Crippen molar-refractivity contribution in [1.82, 2.24) is 15.0 Å². The Morgan fingerprint density at radius 2 is 1.60 bits per heavy atom. The molecule has 9 heteroatoms. The Bertz CT molecular complexity index is 1730. The molecule has 2 aromatic carbocycles. The van der Waals surface area contributed by atoms with Crippen LogP contribution in [0.25, 0.3) is 28.1 Å². The van der Waals surface area contributed by atoms with E-state index in [0.717, 1.165) is 56.0 Å². The molecule has 9 nitrogen and oxygen atoms in total. The van der Waals surface area contributed by atoms with Crippen molar-refractivity contribution in [3.63, 3.8) is 0 Å². The van der Waals surface area contributed by atoms with E-state index in [9.17, 15) is 0 Å². The van der Waals surface area contributed by atoms with Gasteiger partial charge in [-0.25, -0.2) is 15.0 Å². The molecule has 4 heterocycles. The number of ether oxygens (including phenoxy) is 1. The average Bonchev–Trinajstić information content (AvgIpc) is 3.59. The maximum atomic E-state index is 8.00. The predicted octanol–water partition coefficient (Wildman–Crippen LogP) is 6.30. The number of anilines is 1. The topological polar surface area (TPSA) is 111 Å². The summed E-state index contributed by atoms with van der Waals surface area (Å²) < 4.78 is 10.8. The standard InChI is InChI=1S/C31H25N5O2.2CH2O/c1-19-12-24(28-17-32-18-38-28)14-25(13-19)31-26-6-5-11-33-30(26)21(3)36(35-31)27-15-22(8-7-20(27)2)23-9-10-29(37-4)34-16-23;2*1-2/h5-18H,3H2,1-2,4H3;2*1H2. The maximum Gasteiger partial charge on any atom is 0.212 e. The van der Waals surface area contributed by atoms with Crippen molar-refractivity contribution in [3.8, 4) is 28.3 Å². The van der Waals surface area contributed by atoms with Gasteiger partial charge in [0.2, 0.25) is 5.88 Å². The van der Waals surface area contributed by atoms with Gasteiger partial charge in [-0.05, 0) is 73.0 Å². The minimum Gasteiger partial charge on any atom is -0.481 e. The van der Waals surface area contributed by atoms with E-state index in [1.54, 1.807) is 19.5 Å². The summed E-state index contributed by atoms with van der Waals surface area (Å²) in [6.45, 7) is 12.5. The lowest BCUT2D eigenvalue weighted by Crippen LogP contribution is -2.26. The number of rotatable bonds is 5. The Morgan fingerprint density at radius 1 is 0.833 bits per heavy atom. The summed E-state index contributed by atoms with van der Waals surface area (Å²) in [5.74, 6) is 1.28. The van der Waals surface area contributed by atoms with Gasteiger partial charge in [0.25, 0.3) is 0 Å². The van der Waals surface area contributed by atoms with E-state index < -0.39 is 0 Å². The molecule has 210 valence electrons. The van der Waals surface area contributed by atoms with Crippen LogP contribution in [0.1, 0.15) is 27.9 Å². The van der Waals surface area contributed by atoms with Crippen LogP contribution in [-0.2, 0) is 9.59 Å². The number of oxazole rings is 1. The third-order valence-corrected chi connectivity index (χ3v) is 6.58. The molecular formula is C33H29N5O4. The molecule has 0 spiro atoms. The molecule has 1 aliphatic rings. The average molecular weight is 560 g/mol. The second kappa shape index (κ2) is 13.1. The minimum absolute atomic E-state index is 0.574. The summed E-state index contributed by atoms with van der Waals surface area (Å²) in [4.78, 5) is 29.2. The zero-order valence-corrected chi connectivity index (χ0v) is 23.6. The van der Waals surface area contributed by atoms with Gasteiger partial charge in [0.05, 0.1) is 30.4 Å². The van der Waals surface area contributed by atoms with Crippen LogP contribution in [0.5, 0.6) is 5.88 Å². The van der Waals surface area contributed by atoms with Crippen LogP contribution >= 0.6 is 0 Å². The minimum atomic E-state index is 0.574.